The molecular weight excluding hydrogens is 493 g/mol. The lowest BCUT2D eigenvalue weighted by molar-refractivity contribution is -0.137. The minimum absolute atomic E-state index is 0.0102. The van der Waals surface area contributed by atoms with E-state index in [0.717, 1.165) is 44.6 Å². The molecule has 206 valence electrons. The van der Waals surface area contributed by atoms with E-state index in [1.165, 1.54) is 33.7 Å². The first-order valence-electron chi connectivity index (χ1n) is 13.0. The third kappa shape index (κ3) is 8.11. The maximum atomic E-state index is 13.3. The predicted molar refractivity (Wildman–Crippen MR) is 142 cm³/mol. The van der Waals surface area contributed by atoms with Crippen molar-refractivity contribution in [2.45, 2.75) is 60.2 Å². The van der Waals surface area contributed by atoms with Gasteiger partial charge in [-0.15, -0.1) is 10.2 Å². The van der Waals surface area contributed by atoms with Gasteiger partial charge in [0.05, 0.1) is 12.1 Å². The second-order valence-corrected chi connectivity index (χ2v) is 9.72. The highest BCUT2D eigenvalue weighted by Gasteiger charge is 2.31. The fourth-order valence-electron chi connectivity index (χ4n) is 4.19. The van der Waals surface area contributed by atoms with Crippen molar-refractivity contribution < 1.29 is 18.0 Å². The molecule has 0 saturated carbocycles. The van der Waals surface area contributed by atoms with E-state index in [4.69, 9.17) is 0 Å². The summed E-state index contributed by atoms with van der Waals surface area (Å²) in [6, 6.07) is 3.46. The molecule has 38 heavy (non-hydrogen) atoms. The molecule has 1 aromatic carbocycles. The average molecular weight is 531 g/mol. The summed E-state index contributed by atoms with van der Waals surface area (Å²) < 4.78 is 39.9. The minimum atomic E-state index is -4.48. The fourth-order valence-corrected chi connectivity index (χ4v) is 4.19. The first-order valence-corrected chi connectivity index (χ1v) is 13.0. The van der Waals surface area contributed by atoms with Crippen LogP contribution in [0.4, 0.5) is 13.2 Å². The van der Waals surface area contributed by atoms with Crippen LogP contribution in [0.5, 0.6) is 0 Å². The highest BCUT2D eigenvalue weighted by molar-refractivity contribution is 5.92. The van der Waals surface area contributed by atoms with E-state index in [1.807, 2.05) is 0 Å². The third-order valence-corrected chi connectivity index (χ3v) is 6.88. The monoisotopic (exact) mass is 530 g/mol. The molecule has 0 unspecified atom stereocenters. The van der Waals surface area contributed by atoms with Gasteiger partial charge in [0.2, 0.25) is 5.91 Å². The number of hydrogen-bond acceptors (Lipinski definition) is 5. The molecule has 0 atom stereocenters. The van der Waals surface area contributed by atoms with Gasteiger partial charge in [-0.05, 0) is 73.7 Å². The number of allylic oxidation sites excluding steroid dienone is 2. The molecule has 0 bridgehead atoms. The van der Waals surface area contributed by atoms with Crippen LogP contribution in [0.2, 0.25) is 0 Å². The zero-order valence-electron chi connectivity index (χ0n) is 22.8. The van der Waals surface area contributed by atoms with Crippen LogP contribution < -0.4 is 0 Å². The summed E-state index contributed by atoms with van der Waals surface area (Å²) in [5.74, 6) is 0.264. The Morgan fingerprint density at radius 3 is 2.37 bits per heavy atom. The molecule has 0 N–H and O–H groups in total. The topological polar surface area (TPSA) is 67.2 Å². The number of aryl methyl sites for hydroxylation is 1. The van der Waals surface area contributed by atoms with E-state index in [9.17, 15) is 18.0 Å². The predicted octanol–water partition coefficient (Wildman–Crippen LogP) is 5.29. The van der Waals surface area contributed by atoms with Gasteiger partial charge in [0, 0.05) is 38.8 Å². The smallest absolute Gasteiger partial charge is 0.337 e. The van der Waals surface area contributed by atoms with Gasteiger partial charge >= 0.3 is 6.18 Å². The highest BCUT2D eigenvalue weighted by atomic mass is 19.4. The van der Waals surface area contributed by atoms with Crippen molar-refractivity contribution in [3.8, 4) is 0 Å². The Morgan fingerprint density at radius 1 is 1.08 bits per heavy atom. The number of aromatic nitrogens is 4. The number of tetrazole rings is 1. The maximum absolute atomic E-state index is 13.3. The Kier molecular flexibility index (Phi) is 10.0. The van der Waals surface area contributed by atoms with Crippen molar-refractivity contribution in [2.75, 3.05) is 32.7 Å². The Hall–Kier alpha value is -3.27. The number of carbonyl (C=O) groups is 1. The van der Waals surface area contributed by atoms with E-state index in [2.05, 4.69) is 54.1 Å². The largest absolute Gasteiger partial charge is 0.416 e. The molecule has 1 aliphatic heterocycles. The van der Waals surface area contributed by atoms with Crippen LogP contribution in [0.1, 0.15) is 63.1 Å². The quantitative estimate of drug-likeness (QED) is 0.326. The number of nitrogens with zero attached hydrogens (tertiary/aromatic N) is 6. The summed E-state index contributed by atoms with van der Waals surface area (Å²) in [7, 11) is 0. The van der Waals surface area contributed by atoms with E-state index in [-0.39, 0.29) is 12.5 Å². The Balaban J connectivity index is 1.68. The Labute approximate surface area is 222 Å². The molecule has 2 aromatic rings. The molecule has 1 amide bonds. The number of halogens is 3. The van der Waals surface area contributed by atoms with Gasteiger partial charge in [-0.2, -0.15) is 18.0 Å². The summed E-state index contributed by atoms with van der Waals surface area (Å²) in [4.78, 5) is 18.3. The lowest BCUT2D eigenvalue weighted by Crippen LogP contribution is -2.48. The molecule has 1 aliphatic rings. The van der Waals surface area contributed by atoms with Crippen molar-refractivity contribution in [1.82, 2.24) is 30.0 Å². The van der Waals surface area contributed by atoms with Crippen LogP contribution in [-0.4, -0.2) is 68.6 Å². The van der Waals surface area contributed by atoms with Crippen LogP contribution in [0.15, 0.2) is 47.1 Å². The standard InChI is InChI=1S/C28H37F3N6O/c1-6-20(3)16-24(21(4)7-2)18-35-12-14-36(15-13-35)27(38)11-9-23-8-10-26(28(29,30)31)17-25(23)19-37-33-22(5)32-34-37/h8-11,16-17H,6-7,12-15,18-19H2,1-5H3/b11-9+,20-16-,24-21-. The number of alkyl halides is 3. The summed E-state index contributed by atoms with van der Waals surface area (Å²) in [5.41, 5.74) is 4.17. The number of rotatable bonds is 9. The lowest BCUT2D eigenvalue weighted by atomic mass is 10.0. The number of piperazine rings is 1. The van der Waals surface area contributed by atoms with Crippen LogP contribution in [0.25, 0.3) is 6.08 Å². The first kappa shape index (κ1) is 29.3. The molecule has 0 radical (unpaired) electrons. The molecule has 1 saturated heterocycles. The Bertz CT molecular complexity index is 1200. The SMILES string of the molecule is CC/C(C)=C\C(CN1CCN(C(=O)/C=C/c2ccc(C(F)(F)F)cc2Cn2nnc(C)n2)CC1)=C(/C)CC. The van der Waals surface area contributed by atoms with Gasteiger partial charge in [0.25, 0.3) is 0 Å². The second kappa shape index (κ2) is 13.0. The number of amides is 1. The van der Waals surface area contributed by atoms with E-state index in [1.54, 1.807) is 17.9 Å². The van der Waals surface area contributed by atoms with Gasteiger partial charge < -0.3 is 4.90 Å². The normalized spacial score (nSPS) is 16.3. The molecule has 10 heteroatoms. The van der Waals surface area contributed by atoms with E-state index < -0.39 is 11.7 Å². The summed E-state index contributed by atoms with van der Waals surface area (Å²) >= 11 is 0. The van der Waals surface area contributed by atoms with Gasteiger partial charge in [-0.3, -0.25) is 9.69 Å². The van der Waals surface area contributed by atoms with Gasteiger partial charge in [-0.25, -0.2) is 0 Å². The molecular formula is C28H37F3N6O. The molecule has 1 aromatic heterocycles. The van der Waals surface area contributed by atoms with E-state index >= 15 is 0 Å². The maximum Gasteiger partial charge on any atom is 0.416 e. The van der Waals surface area contributed by atoms with E-state index in [0.29, 0.717) is 30.0 Å². The summed E-state index contributed by atoms with van der Waals surface area (Å²) in [6.07, 6.45) is 2.83. The fraction of sp³-hybridized carbons (Fsp3) is 0.500. The van der Waals surface area contributed by atoms with Gasteiger partial charge in [0.15, 0.2) is 5.82 Å². The van der Waals surface area contributed by atoms with Crippen LogP contribution in [0, 0.1) is 6.92 Å². The lowest BCUT2D eigenvalue weighted by Gasteiger charge is -2.34. The first-order chi connectivity index (χ1) is 18.0. The van der Waals surface area contributed by atoms with Crippen molar-refractivity contribution >= 4 is 12.0 Å². The van der Waals surface area contributed by atoms with Gasteiger partial charge in [-0.1, -0.05) is 37.1 Å². The highest BCUT2D eigenvalue weighted by Crippen LogP contribution is 2.31. The average Bonchev–Trinajstić information content (AvgIpc) is 3.30. The molecule has 0 spiro atoms. The Morgan fingerprint density at radius 2 is 1.79 bits per heavy atom. The number of hydrogen-bond donors (Lipinski definition) is 0. The molecule has 1 fully saturated rings. The van der Waals surface area contributed by atoms with Crippen LogP contribution in [-0.2, 0) is 17.5 Å². The van der Waals surface area contributed by atoms with Crippen LogP contribution in [0.3, 0.4) is 0 Å². The third-order valence-electron chi connectivity index (χ3n) is 6.88. The van der Waals surface area contributed by atoms with Crippen molar-refractivity contribution in [3.05, 3.63) is 69.6 Å². The number of benzene rings is 1. The zero-order chi connectivity index (χ0) is 27.9. The molecule has 0 aliphatic carbocycles. The number of carbonyl (C=O) groups excluding carboxylic acids is 1. The molecule has 7 nitrogen and oxygen atoms in total. The van der Waals surface area contributed by atoms with Crippen molar-refractivity contribution in [3.63, 3.8) is 0 Å². The van der Waals surface area contributed by atoms with Crippen molar-refractivity contribution in [2.24, 2.45) is 0 Å². The summed E-state index contributed by atoms with van der Waals surface area (Å²) in [5, 5.41) is 11.7. The zero-order valence-corrected chi connectivity index (χ0v) is 22.8. The van der Waals surface area contributed by atoms with Gasteiger partial charge in [0.1, 0.15) is 0 Å². The molecule has 3 rings (SSSR count). The molecule has 2 heterocycles. The van der Waals surface area contributed by atoms with Crippen LogP contribution >= 0.6 is 0 Å². The minimum Gasteiger partial charge on any atom is -0.337 e. The summed E-state index contributed by atoms with van der Waals surface area (Å²) in [6.45, 7) is 13.9. The second-order valence-electron chi connectivity index (χ2n) is 9.72. The van der Waals surface area contributed by atoms with Crippen molar-refractivity contribution in [1.29, 1.82) is 0 Å².